The highest BCUT2D eigenvalue weighted by atomic mass is 16.5. The highest BCUT2D eigenvalue weighted by Crippen LogP contribution is 2.63. The van der Waals surface area contributed by atoms with Gasteiger partial charge in [-0.1, -0.05) is 115 Å². The lowest BCUT2D eigenvalue weighted by molar-refractivity contribution is 0.400. The van der Waals surface area contributed by atoms with Gasteiger partial charge < -0.3 is 14.0 Å². The molecule has 0 radical (unpaired) electrons. The first-order valence-corrected chi connectivity index (χ1v) is 17.6. The fourth-order valence-electron chi connectivity index (χ4n) is 8.74. The Morgan fingerprint density at radius 3 is 1.90 bits per heavy atom. The van der Waals surface area contributed by atoms with Crippen LogP contribution in [0, 0.1) is 0 Å². The Labute approximate surface area is 300 Å². The maximum absolute atomic E-state index is 6.91. The average molecular weight is 667 g/mol. The van der Waals surface area contributed by atoms with Crippen LogP contribution in [0.25, 0.3) is 49.9 Å². The van der Waals surface area contributed by atoms with E-state index in [1.54, 1.807) is 0 Å². The van der Waals surface area contributed by atoms with E-state index in [1.165, 1.54) is 16.3 Å². The number of hydrogen-bond donors (Lipinski definition) is 0. The molecular formula is C48H30N2O2. The van der Waals surface area contributed by atoms with Crippen LogP contribution in [-0.2, 0) is 5.41 Å². The van der Waals surface area contributed by atoms with Crippen LogP contribution in [-0.4, -0.2) is 9.55 Å². The first-order valence-electron chi connectivity index (χ1n) is 17.6. The first kappa shape index (κ1) is 28.9. The van der Waals surface area contributed by atoms with Crippen molar-refractivity contribution in [3.63, 3.8) is 0 Å². The van der Waals surface area contributed by atoms with Crippen molar-refractivity contribution in [2.75, 3.05) is 0 Å². The molecule has 11 rings (SSSR count). The van der Waals surface area contributed by atoms with E-state index >= 15 is 0 Å². The summed E-state index contributed by atoms with van der Waals surface area (Å²) >= 11 is 0. The van der Waals surface area contributed by atoms with Gasteiger partial charge in [-0.2, -0.15) is 0 Å². The van der Waals surface area contributed by atoms with Crippen LogP contribution in [0.3, 0.4) is 0 Å². The zero-order chi connectivity index (χ0) is 34.2. The number of fused-ring (bicyclic) bond motifs is 11. The summed E-state index contributed by atoms with van der Waals surface area (Å²) < 4.78 is 16.1. The summed E-state index contributed by atoms with van der Waals surface area (Å²) in [4.78, 5) is 4.67. The molecule has 2 aromatic heterocycles. The van der Waals surface area contributed by atoms with Gasteiger partial charge in [-0.15, -0.1) is 0 Å². The van der Waals surface area contributed by atoms with E-state index in [-0.39, 0.29) is 0 Å². The number of ether oxygens (including phenoxy) is 2. The van der Waals surface area contributed by atoms with E-state index in [1.807, 2.05) is 24.4 Å². The van der Waals surface area contributed by atoms with Gasteiger partial charge in [0.1, 0.15) is 23.0 Å². The van der Waals surface area contributed by atoms with Gasteiger partial charge >= 0.3 is 0 Å². The third-order valence-corrected chi connectivity index (χ3v) is 10.8. The van der Waals surface area contributed by atoms with E-state index in [2.05, 4.69) is 167 Å². The fourth-order valence-corrected chi connectivity index (χ4v) is 8.74. The quantitative estimate of drug-likeness (QED) is 0.188. The molecule has 1 atom stereocenters. The first-order chi connectivity index (χ1) is 25.8. The van der Waals surface area contributed by atoms with Gasteiger partial charge in [0.05, 0.1) is 22.1 Å². The van der Waals surface area contributed by atoms with Crippen LogP contribution in [0.1, 0.15) is 22.3 Å². The molecule has 0 saturated carbocycles. The lowest BCUT2D eigenvalue weighted by Gasteiger charge is -2.45. The Morgan fingerprint density at radius 2 is 1.10 bits per heavy atom. The minimum atomic E-state index is -0.756. The lowest BCUT2D eigenvalue weighted by atomic mass is 9.60. The van der Waals surface area contributed by atoms with Crippen molar-refractivity contribution in [3.8, 4) is 51.1 Å². The molecule has 0 saturated heterocycles. The monoisotopic (exact) mass is 666 g/mol. The topological polar surface area (TPSA) is 36.3 Å². The predicted octanol–water partition coefficient (Wildman–Crippen LogP) is 12.1. The summed E-state index contributed by atoms with van der Waals surface area (Å²) in [6.07, 6.45) is 1.83. The van der Waals surface area contributed by atoms with Crippen molar-refractivity contribution < 1.29 is 9.47 Å². The molecule has 0 fully saturated rings. The molecule has 9 aromatic rings. The van der Waals surface area contributed by atoms with Crippen LogP contribution in [0.15, 0.2) is 182 Å². The summed E-state index contributed by atoms with van der Waals surface area (Å²) in [5.41, 5.74) is 11.2. The normalized spacial score (nSPS) is 15.3. The lowest BCUT2D eigenvalue weighted by Crippen LogP contribution is -2.37. The molecule has 0 aliphatic carbocycles. The summed E-state index contributed by atoms with van der Waals surface area (Å²) in [5, 5.41) is 2.41. The Kier molecular flexibility index (Phi) is 6.13. The van der Waals surface area contributed by atoms with Crippen LogP contribution >= 0.6 is 0 Å². The maximum atomic E-state index is 6.91. The molecule has 2 aliphatic heterocycles. The smallest absolute Gasteiger partial charge is 0.132 e. The number of aromatic nitrogens is 2. The van der Waals surface area contributed by atoms with Crippen LogP contribution in [0.5, 0.6) is 23.0 Å². The van der Waals surface area contributed by atoms with Gasteiger partial charge in [0.25, 0.3) is 0 Å². The summed E-state index contributed by atoms with van der Waals surface area (Å²) in [7, 11) is 0. The van der Waals surface area contributed by atoms with Gasteiger partial charge in [-0.25, -0.2) is 0 Å². The molecule has 2 aliphatic rings. The second-order valence-electron chi connectivity index (χ2n) is 13.4. The zero-order valence-corrected chi connectivity index (χ0v) is 28.0. The molecule has 7 aromatic carbocycles. The number of para-hydroxylation sites is 4. The molecule has 0 amide bonds. The van der Waals surface area contributed by atoms with Crippen molar-refractivity contribution >= 4 is 21.8 Å². The number of benzene rings is 7. The van der Waals surface area contributed by atoms with Crippen molar-refractivity contribution in [1.82, 2.24) is 9.55 Å². The molecule has 4 nitrogen and oxygen atoms in total. The van der Waals surface area contributed by atoms with E-state index < -0.39 is 5.41 Å². The standard InChI is InChI=1S/C48H30N2O2/c1-2-14-32(15-3-1)50-40-22-7-4-16-35(40)46-33(17-12-23-41(46)50)34-18-13-26-44-47(34)48(36-19-5-8-24-42(36)51-44)37-20-6-9-25-43(37)52-45-30-31(27-28-38(45)48)39-21-10-11-29-49-39/h1-30H. The molecule has 244 valence electrons. The molecule has 0 bridgehead atoms. The summed E-state index contributed by atoms with van der Waals surface area (Å²) in [5.74, 6) is 3.29. The van der Waals surface area contributed by atoms with Gasteiger partial charge in [-0.3, -0.25) is 4.98 Å². The third-order valence-electron chi connectivity index (χ3n) is 10.8. The largest absolute Gasteiger partial charge is 0.457 e. The summed E-state index contributed by atoms with van der Waals surface area (Å²) in [6.45, 7) is 0. The predicted molar refractivity (Wildman–Crippen MR) is 208 cm³/mol. The second kappa shape index (κ2) is 11.0. The average Bonchev–Trinajstić information content (AvgIpc) is 3.56. The third kappa shape index (κ3) is 3.95. The van der Waals surface area contributed by atoms with Crippen molar-refractivity contribution in [3.05, 3.63) is 204 Å². The van der Waals surface area contributed by atoms with Crippen molar-refractivity contribution in [1.29, 1.82) is 0 Å². The SMILES string of the molecule is c1ccc(-n2c3ccccc3c3c(-c4cccc5c4C4(c6ccccc6Oc6cc(-c7ccccn7)ccc64)c4ccccc4O5)cccc32)cc1. The second-order valence-corrected chi connectivity index (χ2v) is 13.4. The van der Waals surface area contributed by atoms with Gasteiger partial charge in [-0.05, 0) is 71.8 Å². The number of nitrogens with zero attached hydrogens (tertiary/aromatic N) is 2. The Balaban J connectivity index is 1.27. The Hall–Kier alpha value is -6.91. The maximum Gasteiger partial charge on any atom is 0.132 e. The minimum absolute atomic E-state index is 0.756. The van der Waals surface area contributed by atoms with Crippen LogP contribution in [0.4, 0.5) is 0 Å². The highest BCUT2D eigenvalue weighted by molar-refractivity contribution is 6.16. The Bertz CT molecular complexity index is 2850. The number of hydrogen-bond acceptors (Lipinski definition) is 3. The molecule has 1 spiro atoms. The zero-order valence-electron chi connectivity index (χ0n) is 28.0. The van der Waals surface area contributed by atoms with Crippen molar-refractivity contribution in [2.24, 2.45) is 0 Å². The molecular weight excluding hydrogens is 637 g/mol. The van der Waals surface area contributed by atoms with Crippen LogP contribution in [0.2, 0.25) is 0 Å². The summed E-state index contributed by atoms with van der Waals surface area (Å²) in [6, 6.07) is 62.1. The van der Waals surface area contributed by atoms with Gasteiger partial charge in [0.2, 0.25) is 0 Å². The molecule has 0 N–H and O–H groups in total. The van der Waals surface area contributed by atoms with E-state index in [9.17, 15) is 0 Å². The van der Waals surface area contributed by atoms with E-state index in [0.29, 0.717) is 0 Å². The Morgan fingerprint density at radius 1 is 0.462 bits per heavy atom. The van der Waals surface area contributed by atoms with Gasteiger partial charge in [0.15, 0.2) is 0 Å². The minimum Gasteiger partial charge on any atom is -0.457 e. The highest BCUT2D eigenvalue weighted by Gasteiger charge is 2.52. The van der Waals surface area contributed by atoms with Crippen LogP contribution < -0.4 is 9.47 Å². The molecule has 4 heteroatoms. The fraction of sp³-hybridized carbons (Fsp3) is 0.0208. The number of pyridine rings is 1. The van der Waals surface area contributed by atoms with E-state index in [4.69, 9.17) is 9.47 Å². The molecule has 1 unspecified atom stereocenters. The molecule has 4 heterocycles. The van der Waals surface area contributed by atoms with Crippen molar-refractivity contribution in [2.45, 2.75) is 5.41 Å². The van der Waals surface area contributed by atoms with Gasteiger partial charge in [0, 0.05) is 50.5 Å². The number of rotatable bonds is 3. The molecule has 52 heavy (non-hydrogen) atoms. The van der Waals surface area contributed by atoms with E-state index in [0.717, 1.165) is 78.8 Å².